The first kappa shape index (κ1) is 13.0. The number of hydrogen-bond donors (Lipinski definition) is 2. The molecule has 18 heavy (non-hydrogen) atoms. The molecule has 2 atom stereocenters. The van der Waals surface area contributed by atoms with Crippen molar-refractivity contribution in [2.75, 3.05) is 19.6 Å². The molecule has 2 N–H and O–H groups in total. The van der Waals surface area contributed by atoms with Gasteiger partial charge in [0, 0.05) is 26.6 Å². The van der Waals surface area contributed by atoms with Gasteiger partial charge in [-0.1, -0.05) is 6.92 Å². The smallest absolute Gasteiger partial charge is 0.224 e. The minimum absolute atomic E-state index is 0.102. The van der Waals surface area contributed by atoms with E-state index >= 15 is 0 Å². The van der Waals surface area contributed by atoms with E-state index in [2.05, 4.69) is 27.6 Å². The average molecular weight is 251 g/mol. The molecule has 0 radical (unpaired) electrons. The molecular formula is C12H21N5O. The van der Waals surface area contributed by atoms with Gasteiger partial charge in [0.25, 0.3) is 0 Å². The number of carbonyl (C=O) groups excluding carboxylic acids is 1. The Morgan fingerprint density at radius 2 is 2.44 bits per heavy atom. The molecule has 1 aromatic rings. The molecule has 0 bridgehead atoms. The van der Waals surface area contributed by atoms with Gasteiger partial charge >= 0.3 is 0 Å². The van der Waals surface area contributed by atoms with Crippen LogP contribution in [0.2, 0.25) is 0 Å². The van der Waals surface area contributed by atoms with E-state index in [0.29, 0.717) is 18.9 Å². The maximum atomic E-state index is 11.9. The molecule has 2 rings (SSSR count). The van der Waals surface area contributed by atoms with E-state index in [1.54, 1.807) is 11.0 Å². The van der Waals surface area contributed by atoms with E-state index in [4.69, 9.17) is 0 Å². The van der Waals surface area contributed by atoms with Crippen molar-refractivity contribution in [1.29, 1.82) is 0 Å². The standard InChI is InChI=1S/C12H21N5O/c1-9-5-10(7-13-6-9)12(18)14-4-3-11-15-8-17(2)16-11/h8-10,13H,3-7H2,1-2H3,(H,14,18). The van der Waals surface area contributed by atoms with Crippen LogP contribution in [-0.2, 0) is 18.3 Å². The van der Waals surface area contributed by atoms with Gasteiger partial charge in [0.1, 0.15) is 6.33 Å². The first-order valence-corrected chi connectivity index (χ1v) is 6.48. The Morgan fingerprint density at radius 3 is 3.11 bits per heavy atom. The molecule has 6 heteroatoms. The van der Waals surface area contributed by atoms with Crippen LogP contribution in [0.5, 0.6) is 0 Å². The predicted molar refractivity (Wildman–Crippen MR) is 67.9 cm³/mol. The van der Waals surface area contributed by atoms with Crippen LogP contribution in [0.25, 0.3) is 0 Å². The number of aryl methyl sites for hydroxylation is 1. The summed E-state index contributed by atoms with van der Waals surface area (Å²) in [7, 11) is 1.84. The molecule has 1 saturated heterocycles. The normalized spacial score (nSPS) is 23.9. The third kappa shape index (κ3) is 3.53. The maximum Gasteiger partial charge on any atom is 0.224 e. The molecule has 0 spiro atoms. The van der Waals surface area contributed by atoms with E-state index in [0.717, 1.165) is 25.3 Å². The lowest BCUT2D eigenvalue weighted by Crippen LogP contribution is -2.43. The van der Waals surface area contributed by atoms with Crippen LogP contribution < -0.4 is 10.6 Å². The zero-order valence-electron chi connectivity index (χ0n) is 11.0. The highest BCUT2D eigenvalue weighted by molar-refractivity contribution is 5.79. The third-order valence-electron chi connectivity index (χ3n) is 3.24. The van der Waals surface area contributed by atoms with Crippen LogP contribution in [-0.4, -0.2) is 40.3 Å². The van der Waals surface area contributed by atoms with Crippen molar-refractivity contribution in [1.82, 2.24) is 25.4 Å². The van der Waals surface area contributed by atoms with Crippen molar-refractivity contribution in [2.24, 2.45) is 18.9 Å². The van der Waals surface area contributed by atoms with Crippen LogP contribution >= 0.6 is 0 Å². The second-order valence-electron chi connectivity index (χ2n) is 5.07. The van der Waals surface area contributed by atoms with Gasteiger partial charge in [0.15, 0.2) is 5.82 Å². The van der Waals surface area contributed by atoms with Crippen LogP contribution in [0.1, 0.15) is 19.2 Å². The van der Waals surface area contributed by atoms with Gasteiger partial charge in [-0.25, -0.2) is 4.98 Å². The van der Waals surface area contributed by atoms with Crippen LogP contribution in [0.15, 0.2) is 6.33 Å². The van der Waals surface area contributed by atoms with Gasteiger partial charge in [0.2, 0.25) is 5.91 Å². The lowest BCUT2D eigenvalue weighted by molar-refractivity contribution is -0.125. The summed E-state index contributed by atoms with van der Waals surface area (Å²) < 4.78 is 1.67. The number of nitrogens with zero attached hydrogens (tertiary/aromatic N) is 3. The monoisotopic (exact) mass is 251 g/mol. The number of rotatable bonds is 4. The Labute approximate surface area is 107 Å². The van der Waals surface area contributed by atoms with E-state index in [-0.39, 0.29) is 11.8 Å². The number of carbonyl (C=O) groups is 1. The van der Waals surface area contributed by atoms with E-state index in [1.165, 1.54) is 0 Å². The lowest BCUT2D eigenvalue weighted by Gasteiger charge is -2.26. The quantitative estimate of drug-likeness (QED) is 0.772. The maximum absolute atomic E-state index is 11.9. The van der Waals surface area contributed by atoms with Gasteiger partial charge < -0.3 is 10.6 Å². The second-order valence-corrected chi connectivity index (χ2v) is 5.07. The SMILES string of the molecule is CC1CNCC(C(=O)NCCc2ncn(C)n2)C1. The van der Waals surface area contributed by atoms with Gasteiger partial charge in [-0.3, -0.25) is 9.48 Å². The van der Waals surface area contributed by atoms with E-state index in [9.17, 15) is 4.79 Å². The van der Waals surface area contributed by atoms with Gasteiger partial charge in [-0.05, 0) is 18.9 Å². The minimum atomic E-state index is 0.102. The largest absolute Gasteiger partial charge is 0.355 e. The Bertz CT molecular complexity index is 403. The Morgan fingerprint density at radius 1 is 1.61 bits per heavy atom. The molecule has 6 nitrogen and oxygen atoms in total. The predicted octanol–water partition coefficient (Wildman–Crippen LogP) is -0.281. The highest BCUT2D eigenvalue weighted by atomic mass is 16.1. The average Bonchev–Trinajstić information content (AvgIpc) is 2.75. The van der Waals surface area contributed by atoms with Gasteiger partial charge in [-0.15, -0.1) is 0 Å². The molecule has 2 heterocycles. The lowest BCUT2D eigenvalue weighted by atomic mass is 9.91. The third-order valence-corrected chi connectivity index (χ3v) is 3.24. The van der Waals surface area contributed by atoms with Crippen LogP contribution in [0, 0.1) is 11.8 Å². The van der Waals surface area contributed by atoms with Gasteiger partial charge in [0.05, 0.1) is 5.92 Å². The Kier molecular flexibility index (Phi) is 4.30. The molecule has 1 amide bonds. The molecule has 0 aliphatic carbocycles. The highest BCUT2D eigenvalue weighted by Gasteiger charge is 2.24. The molecule has 0 aromatic carbocycles. The fourth-order valence-corrected chi connectivity index (χ4v) is 2.30. The summed E-state index contributed by atoms with van der Waals surface area (Å²) in [4.78, 5) is 16.1. The van der Waals surface area contributed by atoms with Crippen molar-refractivity contribution in [2.45, 2.75) is 19.8 Å². The summed E-state index contributed by atoms with van der Waals surface area (Å²) >= 11 is 0. The zero-order chi connectivity index (χ0) is 13.0. The molecule has 1 fully saturated rings. The summed E-state index contributed by atoms with van der Waals surface area (Å²) in [6, 6.07) is 0. The van der Waals surface area contributed by atoms with Crippen molar-refractivity contribution >= 4 is 5.91 Å². The Balaban J connectivity index is 1.71. The van der Waals surface area contributed by atoms with Gasteiger partial charge in [-0.2, -0.15) is 5.10 Å². The number of nitrogens with one attached hydrogen (secondary N) is 2. The fraction of sp³-hybridized carbons (Fsp3) is 0.750. The number of aromatic nitrogens is 3. The first-order valence-electron chi connectivity index (χ1n) is 6.48. The number of piperidine rings is 1. The minimum Gasteiger partial charge on any atom is -0.355 e. The zero-order valence-corrected chi connectivity index (χ0v) is 11.0. The van der Waals surface area contributed by atoms with Crippen molar-refractivity contribution in [3.05, 3.63) is 12.2 Å². The summed E-state index contributed by atoms with van der Waals surface area (Å²) in [5.41, 5.74) is 0. The first-order chi connectivity index (χ1) is 8.65. The molecule has 1 aliphatic heterocycles. The molecular weight excluding hydrogens is 230 g/mol. The topological polar surface area (TPSA) is 71.8 Å². The van der Waals surface area contributed by atoms with Crippen molar-refractivity contribution in [3.8, 4) is 0 Å². The molecule has 100 valence electrons. The van der Waals surface area contributed by atoms with E-state index < -0.39 is 0 Å². The summed E-state index contributed by atoms with van der Waals surface area (Å²) in [6.45, 7) is 4.58. The summed E-state index contributed by atoms with van der Waals surface area (Å²) in [5, 5.41) is 10.4. The number of hydrogen-bond acceptors (Lipinski definition) is 4. The fourth-order valence-electron chi connectivity index (χ4n) is 2.30. The number of amides is 1. The van der Waals surface area contributed by atoms with Crippen molar-refractivity contribution < 1.29 is 4.79 Å². The van der Waals surface area contributed by atoms with E-state index in [1.807, 2.05) is 7.05 Å². The molecule has 1 aromatic heterocycles. The van der Waals surface area contributed by atoms with Crippen LogP contribution in [0.3, 0.4) is 0 Å². The molecule has 0 saturated carbocycles. The summed E-state index contributed by atoms with van der Waals surface area (Å²) in [6.07, 6.45) is 3.33. The highest BCUT2D eigenvalue weighted by Crippen LogP contribution is 2.15. The van der Waals surface area contributed by atoms with Crippen molar-refractivity contribution in [3.63, 3.8) is 0 Å². The molecule has 2 unspecified atom stereocenters. The second kappa shape index (κ2) is 5.95. The Hall–Kier alpha value is -1.43. The van der Waals surface area contributed by atoms with Crippen LogP contribution in [0.4, 0.5) is 0 Å². The summed E-state index contributed by atoms with van der Waals surface area (Å²) in [5.74, 6) is 1.59. The molecule has 1 aliphatic rings.